The number of ketones is 1. The van der Waals surface area contributed by atoms with Gasteiger partial charge in [0.15, 0.2) is 11.4 Å². The van der Waals surface area contributed by atoms with Gasteiger partial charge in [0.05, 0.1) is 5.75 Å². The number of fused-ring (bicyclic) bond motifs is 1. The third kappa shape index (κ3) is 2.95. The Bertz CT molecular complexity index is 660. The van der Waals surface area contributed by atoms with E-state index in [2.05, 4.69) is 4.98 Å². The lowest BCUT2D eigenvalue weighted by atomic mass is 10.2. The maximum absolute atomic E-state index is 11.8. The molecule has 0 aliphatic carbocycles. The van der Waals surface area contributed by atoms with Gasteiger partial charge in [0.2, 0.25) is 0 Å². The number of oxazole rings is 1. The zero-order valence-electron chi connectivity index (χ0n) is 10.2. The summed E-state index contributed by atoms with van der Waals surface area (Å²) in [5, 5.41) is 9.23. The van der Waals surface area contributed by atoms with Crippen LogP contribution in [0.2, 0.25) is 0 Å². The molecule has 2 aromatic rings. The lowest BCUT2D eigenvalue weighted by Crippen LogP contribution is -2.10. The summed E-state index contributed by atoms with van der Waals surface area (Å²) in [4.78, 5) is 16.0. The molecule has 0 radical (unpaired) electrons. The highest BCUT2D eigenvalue weighted by atomic mass is 32.2. The zero-order valence-corrected chi connectivity index (χ0v) is 11.0. The predicted molar refractivity (Wildman–Crippen MR) is 72.2 cm³/mol. The molecule has 19 heavy (non-hydrogen) atoms. The summed E-state index contributed by atoms with van der Waals surface area (Å²) in [6, 6.07) is 9.15. The molecule has 0 amide bonds. The molecule has 6 heteroatoms. The van der Waals surface area contributed by atoms with Gasteiger partial charge in [0.1, 0.15) is 17.2 Å². The molecule has 2 N–H and O–H groups in total. The summed E-state index contributed by atoms with van der Waals surface area (Å²) < 4.78 is 5.46. The Kier molecular flexibility index (Phi) is 3.88. The number of Topliss-reactive ketones (excluding diaryl/α,β-unsaturated/α-hetero) is 1. The molecule has 0 saturated carbocycles. The van der Waals surface area contributed by atoms with Gasteiger partial charge in [-0.15, -0.1) is 0 Å². The van der Waals surface area contributed by atoms with Gasteiger partial charge in [-0.05, 0) is 19.1 Å². The van der Waals surface area contributed by atoms with Crippen LogP contribution in [-0.4, -0.2) is 16.5 Å². The van der Waals surface area contributed by atoms with E-state index >= 15 is 0 Å². The Balaban J connectivity index is 2.09. The summed E-state index contributed by atoms with van der Waals surface area (Å²) in [5.74, 6) is -0.251. The number of thioether (sulfide) groups is 1. The minimum Gasteiger partial charge on any atom is -0.431 e. The fourth-order valence-corrected chi connectivity index (χ4v) is 2.19. The fourth-order valence-electron chi connectivity index (χ4n) is 1.48. The normalized spacial score (nSPS) is 12.0. The first-order chi connectivity index (χ1) is 9.11. The molecule has 0 spiro atoms. The number of benzene rings is 1. The Hall–Kier alpha value is -2.26. The number of carbonyl (C=O) groups is 1. The highest BCUT2D eigenvalue weighted by Gasteiger charge is 2.14. The Morgan fingerprint density at radius 2 is 2.26 bits per heavy atom. The molecule has 0 aliphatic rings. The molecule has 0 unspecified atom stereocenters. The number of nitriles is 1. The van der Waals surface area contributed by atoms with Crippen molar-refractivity contribution in [2.75, 3.05) is 5.75 Å². The van der Waals surface area contributed by atoms with Crippen LogP contribution in [0.3, 0.4) is 0 Å². The van der Waals surface area contributed by atoms with Gasteiger partial charge >= 0.3 is 0 Å². The Morgan fingerprint density at radius 3 is 2.89 bits per heavy atom. The van der Waals surface area contributed by atoms with Crippen molar-refractivity contribution in [2.45, 2.75) is 12.1 Å². The molecule has 1 aromatic heterocycles. The van der Waals surface area contributed by atoms with Crippen LogP contribution in [-0.2, 0) is 4.79 Å². The van der Waals surface area contributed by atoms with Crippen LogP contribution in [0.5, 0.6) is 0 Å². The van der Waals surface area contributed by atoms with Crippen molar-refractivity contribution >= 4 is 28.6 Å². The molecule has 5 nitrogen and oxygen atoms in total. The van der Waals surface area contributed by atoms with E-state index in [0.29, 0.717) is 10.8 Å². The number of allylic oxidation sites excluding steroid dienone is 2. The van der Waals surface area contributed by atoms with E-state index in [9.17, 15) is 4.79 Å². The molecule has 0 atom stereocenters. The van der Waals surface area contributed by atoms with Crippen LogP contribution in [0.15, 0.2) is 45.2 Å². The van der Waals surface area contributed by atoms with Gasteiger partial charge in [0.25, 0.3) is 5.22 Å². The Labute approximate surface area is 114 Å². The van der Waals surface area contributed by atoms with E-state index in [-0.39, 0.29) is 22.8 Å². The number of rotatable bonds is 4. The summed E-state index contributed by atoms with van der Waals surface area (Å²) in [6.07, 6.45) is 0. The van der Waals surface area contributed by atoms with Gasteiger partial charge in [-0.3, -0.25) is 4.79 Å². The van der Waals surface area contributed by atoms with Crippen molar-refractivity contribution in [2.24, 2.45) is 5.73 Å². The molecular formula is C13H11N3O2S. The third-order valence-electron chi connectivity index (χ3n) is 2.39. The molecule has 0 bridgehead atoms. The van der Waals surface area contributed by atoms with Gasteiger partial charge < -0.3 is 10.2 Å². The van der Waals surface area contributed by atoms with Crippen molar-refractivity contribution in [1.82, 2.24) is 4.98 Å². The monoisotopic (exact) mass is 273 g/mol. The van der Waals surface area contributed by atoms with E-state index in [1.807, 2.05) is 18.2 Å². The summed E-state index contributed by atoms with van der Waals surface area (Å²) in [5.41, 5.74) is 7.09. The summed E-state index contributed by atoms with van der Waals surface area (Å²) >= 11 is 1.15. The number of nitrogens with two attached hydrogens (primary N) is 1. The van der Waals surface area contributed by atoms with Crippen molar-refractivity contribution in [1.29, 1.82) is 5.26 Å². The first-order valence-corrected chi connectivity index (χ1v) is 6.48. The van der Waals surface area contributed by atoms with E-state index in [1.54, 1.807) is 12.1 Å². The third-order valence-corrected chi connectivity index (χ3v) is 3.21. The van der Waals surface area contributed by atoms with Gasteiger partial charge in [0, 0.05) is 5.70 Å². The van der Waals surface area contributed by atoms with E-state index in [4.69, 9.17) is 15.4 Å². The second-order valence-electron chi connectivity index (χ2n) is 3.83. The average molecular weight is 273 g/mol. The quantitative estimate of drug-likeness (QED) is 0.521. The van der Waals surface area contributed by atoms with Gasteiger partial charge in [-0.25, -0.2) is 4.98 Å². The van der Waals surface area contributed by atoms with Crippen molar-refractivity contribution in [3.8, 4) is 6.07 Å². The molecule has 1 aromatic carbocycles. The SMILES string of the molecule is CC(N)=C(C#N)C(=O)CSc1nc2ccccc2o1. The smallest absolute Gasteiger partial charge is 0.257 e. The van der Waals surface area contributed by atoms with Crippen LogP contribution in [0, 0.1) is 11.3 Å². The number of para-hydroxylation sites is 2. The molecule has 0 fully saturated rings. The number of hydrogen-bond acceptors (Lipinski definition) is 6. The van der Waals surface area contributed by atoms with Gasteiger partial charge in [-0.1, -0.05) is 23.9 Å². The topological polar surface area (TPSA) is 92.9 Å². The van der Waals surface area contributed by atoms with E-state index in [0.717, 1.165) is 17.3 Å². The molecule has 2 rings (SSSR count). The lowest BCUT2D eigenvalue weighted by Gasteiger charge is -1.98. The molecule has 0 aliphatic heterocycles. The highest BCUT2D eigenvalue weighted by Crippen LogP contribution is 2.23. The number of aromatic nitrogens is 1. The standard InChI is InChI=1S/C13H11N3O2S/c1-8(15)9(6-14)11(17)7-19-13-16-10-4-2-3-5-12(10)18-13/h2-5H,7,15H2,1H3. The maximum Gasteiger partial charge on any atom is 0.257 e. The van der Waals surface area contributed by atoms with Crippen LogP contribution < -0.4 is 5.73 Å². The minimum atomic E-state index is -0.324. The summed E-state index contributed by atoms with van der Waals surface area (Å²) in [7, 11) is 0. The maximum atomic E-state index is 11.8. The van der Waals surface area contributed by atoms with Crippen molar-refractivity contribution < 1.29 is 9.21 Å². The second kappa shape index (κ2) is 5.59. The first-order valence-electron chi connectivity index (χ1n) is 5.50. The van der Waals surface area contributed by atoms with Crippen molar-refractivity contribution in [3.63, 3.8) is 0 Å². The molecule has 1 heterocycles. The fraction of sp³-hybridized carbons (Fsp3) is 0.154. The minimum absolute atomic E-state index is 0.0105. The second-order valence-corrected chi connectivity index (χ2v) is 4.76. The number of carbonyl (C=O) groups excluding carboxylic acids is 1. The van der Waals surface area contributed by atoms with Gasteiger partial charge in [-0.2, -0.15) is 5.26 Å². The van der Waals surface area contributed by atoms with Crippen LogP contribution in [0.4, 0.5) is 0 Å². The largest absolute Gasteiger partial charge is 0.431 e. The lowest BCUT2D eigenvalue weighted by molar-refractivity contribution is -0.112. The zero-order chi connectivity index (χ0) is 13.8. The van der Waals surface area contributed by atoms with E-state index < -0.39 is 0 Å². The van der Waals surface area contributed by atoms with Crippen LogP contribution in [0.25, 0.3) is 11.1 Å². The van der Waals surface area contributed by atoms with Crippen molar-refractivity contribution in [3.05, 3.63) is 35.5 Å². The molecule has 0 saturated heterocycles. The predicted octanol–water partition coefficient (Wildman–Crippen LogP) is 2.25. The Morgan fingerprint density at radius 1 is 1.53 bits per heavy atom. The highest BCUT2D eigenvalue weighted by molar-refractivity contribution is 7.99. The number of nitrogens with zero attached hydrogens (tertiary/aromatic N) is 2. The van der Waals surface area contributed by atoms with E-state index in [1.165, 1.54) is 6.92 Å². The number of hydrogen-bond donors (Lipinski definition) is 1. The molecule has 96 valence electrons. The average Bonchev–Trinajstić information content (AvgIpc) is 2.79. The molecular weight excluding hydrogens is 262 g/mol. The van der Waals surface area contributed by atoms with Crippen LogP contribution >= 0.6 is 11.8 Å². The van der Waals surface area contributed by atoms with Crippen LogP contribution in [0.1, 0.15) is 6.92 Å². The first kappa shape index (κ1) is 13.2. The summed E-state index contributed by atoms with van der Waals surface area (Å²) in [6.45, 7) is 1.53.